The highest BCUT2D eigenvalue weighted by molar-refractivity contribution is 5.84. The van der Waals surface area contributed by atoms with E-state index >= 15 is 0 Å². The molecule has 1 heterocycles. The van der Waals surface area contributed by atoms with Gasteiger partial charge >= 0.3 is 0 Å². The van der Waals surface area contributed by atoms with Gasteiger partial charge in [0, 0.05) is 25.6 Å². The number of likely N-dealkylation sites (tertiary alicyclic amines) is 1. The fourth-order valence-electron chi connectivity index (χ4n) is 3.86. The number of hydrogen-bond donors (Lipinski definition) is 1. The predicted octanol–water partition coefficient (Wildman–Crippen LogP) is 3.40. The number of carbonyl (C=O) groups is 2. The molecule has 0 bridgehead atoms. The summed E-state index contributed by atoms with van der Waals surface area (Å²) in [6.45, 7) is 3.80. The Labute approximate surface area is 173 Å². The van der Waals surface area contributed by atoms with E-state index < -0.39 is 0 Å². The maximum absolute atomic E-state index is 12.9. The van der Waals surface area contributed by atoms with Crippen LogP contribution < -0.4 is 10.1 Å². The topological polar surface area (TPSA) is 58.6 Å². The molecule has 29 heavy (non-hydrogen) atoms. The molecule has 2 aromatic carbocycles. The zero-order chi connectivity index (χ0) is 20.6. The maximum atomic E-state index is 12.9. The third-order valence-electron chi connectivity index (χ3n) is 5.58. The lowest BCUT2D eigenvalue weighted by Gasteiger charge is -2.18. The minimum absolute atomic E-state index is 0.0118. The summed E-state index contributed by atoms with van der Waals surface area (Å²) < 4.78 is 5.25. The van der Waals surface area contributed by atoms with E-state index in [0.717, 1.165) is 29.7 Å². The van der Waals surface area contributed by atoms with E-state index in [2.05, 4.69) is 12.2 Å². The van der Waals surface area contributed by atoms with Crippen molar-refractivity contribution >= 4 is 11.8 Å². The number of methoxy groups -OCH3 is 1. The van der Waals surface area contributed by atoms with Gasteiger partial charge in [-0.2, -0.15) is 0 Å². The van der Waals surface area contributed by atoms with Crippen LogP contribution in [0.3, 0.4) is 0 Å². The van der Waals surface area contributed by atoms with Gasteiger partial charge in [-0.15, -0.1) is 0 Å². The number of ether oxygens (including phenoxy) is 1. The summed E-state index contributed by atoms with van der Waals surface area (Å²) in [5, 5.41) is 3.06. The summed E-state index contributed by atoms with van der Waals surface area (Å²) in [5.74, 6) is 0.641. The first-order chi connectivity index (χ1) is 14.1. The van der Waals surface area contributed by atoms with E-state index in [1.165, 1.54) is 0 Å². The highest BCUT2D eigenvalue weighted by Gasteiger charge is 2.40. The third kappa shape index (κ3) is 5.37. The van der Waals surface area contributed by atoms with Crippen molar-refractivity contribution in [1.29, 1.82) is 0 Å². The van der Waals surface area contributed by atoms with Gasteiger partial charge < -0.3 is 15.0 Å². The van der Waals surface area contributed by atoms with Gasteiger partial charge in [0.2, 0.25) is 11.8 Å². The largest absolute Gasteiger partial charge is 0.497 e. The Bertz CT molecular complexity index is 805. The lowest BCUT2D eigenvalue weighted by molar-refractivity contribution is -0.130. The summed E-state index contributed by atoms with van der Waals surface area (Å²) in [6.07, 6.45) is 2.36. The fraction of sp³-hybridized carbons (Fsp3) is 0.417. The normalized spacial score (nSPS) is 18.5. The lowest BCUT2D eigenvalue weighted by atomic mass is 9.88. The highest BCUT2D eigenvalue weighted by atomic mass is 16.5. The highest BCUT2D eigenvalue weighted by Crippen LogP contribution is 2.34. The van der Waals surface area contributed by atoms with E-state index in [-0.39, 0.29) is 23.7 Å². The van der Waals surface area contributed by atoms with Gasteiger partial charge in [0.25, 0.3) is 0 Å². The summed E-state index contributed by atoms with van der Waals surface area (Å²) in [5.41, 5.74) is 2.06. The minimum atomic E-state index is -0.236. The average molecular weight is 395 g/mol. The molecule has 5 nitrogen and oxygen atoms in total. The molecule has 0 aromatic heterocycles. The van der Waals surface area contributed by atoms with Crippen molar-refractivity contribution in [3.63, 3.8) is 0 Å². The fourth-order valence-corrected chi connectivity index (χ4v) is 3.86. The number of unbranched alkanes of at least 4 members (excludes halogenated alkanes) is 1. The second-order valence-electron chi connectivity index (χ2n) is 7.59. The summed E-state index contributed by atoms with van der Waals surface area (Å²) in [7, 11) is 1.64. The van der Waals surface area contributed by atoms with Gasteiger partial charge in [-0.3, -0.25) is 9.59 Å². The first-order valence-electron chi connectivity index (χ1n) is 10.4. The average Bonchev–Trinajstić information content (AvgIpc) is 3.20. The predicted molar refractivity (Wildman–Crippen MR) is 114 cm³/mol. The molecule has 1 N–H and O–H groups in total. The van der Waals surface area contributed by atoms with Crippen molar-refractivity contribution in [2.45, 2.75) is 32.1 Å². The van der Waals surface area contributed by atoms with Crippen molar-refractivity contribution in [1.82, 2.24) is 10.2 Å². The Morgan fingerprint density at radius 2 is 1.79 bits per heavy atom. The second-order valence-corrected chi connectivity index (χ2v) is 7.59. The van der Waals surface area contributed by atoms with Crippen LogP contribution in [0.1, 0.15) is 36.8 Å². The molecule has 0 unspecified atom stereocenters. The zero-order valence-electron chi connectivity index (χ0n) is 17.3. The van der Waals surface area contributed by atoms with Gasteiger partial charge in [-0.05, 0) is 29.7 Å². The molecule has 1 saturated heterocycles. The molecular formula is C24H30N2O3. The zero-order valence-corrected chi connectivity index (χ0v) is 17.3. The summed E-state index contributed by atoms with van der Waals surface area (Å²) in [6, 6.07) is 17.6. The van der Waals surface area contributed by atoms with E-state index in [1.54, 1.807) is 7.11 Å². The molecule has 154 valence electrons. The van der Waals surface area contributed by atoms with Crippen molar-refractivity contribution in [2.75, 3.05) is 26.7 Å². The Hall–Kier alpha value is -2.82. The molecule has 3 rings (SSSR count). The maximum Gasteiger partial charge on any atom is 0.227 e. The van der Waals surface area contributed by atoms with Crippen molar-refractivity contribution in [3.05, 3.63) is 65.7 Å². The minimum Gasteiger partial charge on any atom is -0.497 e. The van der Waals surface area contributed by atoms with Crippen LogP contribution in [-0.4, -0.2) is 43.5 Å². The van der Waals surface area contributed by atoms with Crippen LogP contribution in [0.25, 0.3) is 0 Å². The standard InChI is InChI=1S/C24H30N2O3/c1-3-4-14-25-24(28)22-17-26(23(27)15-18-8-6-5-7-9-18)16-21(22)19-10-12-20(29-2)13-11-19/h5-13,21-22H,3-4,14-17H2,1-2H3,(H,25,28)/t21-,22-/m0/s1. The van der Waals surface area contributed by atoms with Gasteiger partial charge in [-0.25, -0.2) is 0 Å². The van der Waals surface area contributed by atoms with Gasteiger partial charge in [0.05, 0.1) is 19.4 Å². The van der Waals surface area contributed by atoms with Crippen molar-refractivity contribution in [2.24, 2.45) is 5.92 Å². The molecule has 2 atom stereocenters. The second kappa shape index (κ2) is 10.1. The number of nitrogens with one attached hydrogen (secondary N) is 1. The summed E-state index contributed by atoms with van der Waals surface area (Å²) in [4.78, 5) is 27.6. The molecule has 0 radical (unpaired) electrons. The van der Waals surface area contributed by atoms with Crippen LogP contribution >= 0.6 is 0 Å². The lowest BCUT2D eigenvalue weighted by Crippen LogP contribution is -2.36. The van der Waals surface area contributed by atoms with Crippen LogP contribution in [0.15, 0.2) is 54.6 Å². The van der Waals surface area contributed by atoms with Crippen LogP contribution in [0.5, 0.6) is 5.75 Å². The van der Waals surface area contributed by atoms with Crippen LogP contribution in [0, 0.1) is 5.92 Å². The van der Waals surface area contributed by atoms with Crippen LogP contribution in [0.2, 0.25) is 0 Å². The number of rotatable bonds is 8. The molecule has 0 aliphatic carbocycles. The SMILES string of the molecule is CCCCNC(=O)[C@H]1CN(C(=O)Cc2ccccc2)C[C@H]1c1ccc(OC)cc1. The summed E-state index contributed by atoms with van der Waals surface area (Å²) >= 11 is 0. The quantitative estimate of drug-likeness (QED) is 0.698. The number of carbonyl (C=O) groups excluding carboxylic acids is 2. The van der Waals surface area contributed by atoms with Gasteiger partial charge in [-0.1, -0.05) is 55.8 Å². The van der Waals surface area contributed by atoms with Crippen molar-refractivity contribution < 1.29 is 14.3 Å². The van der Waals surface area contributed by atoms with E-state index in [0.29, 0.717) is 26.1 Å². The molecule has 1 aliphatic rings. The number of amides is 2. The molecule has 2 amide bonds. The molecule has 5 heteroatoms. The van der Waals surface area contributed by atoms with E-state index in [1.807, 2.05) is 59.5 Å². The van der Waals surface area contributed by atoms with E-state index in [4.69, 9.17) is 4.74 Å². The first-order valence-corrected chi connectivity index (χ1v) is 10.4. The van der Waals surface area contributed by atoms with Gasteiger partial charge in [0.15, 0.2) is 0 Å². The molecular weight excluding hydrogens is 364 g/mol. The monoisotopic (exact) mass is 394 g/mol. The molecule has 2 aromatic rings. The molecule has 0 spiro atoms. The number of hydrogen-bond acceptors (Lipinski definition) is 3. The van der Waals surface area contributed by atoms with Crippen LogP contribution in [0.4, 0.5) is 0 Å². The smallest absolute Gasteiger partial charge is 0.227 e. The Morgan fingerprint density at radius 3 is 2.45 bits per heavy atom. The molecule has 0 saturated carbocycles. The number of benzene rings is 2. The molecule has 1 fully saturated rings. The first kappa shape index (κ1) is 20.9. The van der Waals surface area contributed by atoms with Crippen LogP contribution in [-0.2, 0) is 16.0 Å². The van der Waals surface area contributed by atoms with Crippen molar-refractivity contribution in [3.8, 4) is 5.75 Å². The molecule has 1 aliphatic heterocycles. The Morgan fingerprint density at radius 1 is 1.07 bits per heavy atom. The Kier molecular flexibility index (Phi) is 7.28. The van der Waals surface area contributed by atoms with E-state index in [9.17, 15) is 9.59 Å². The number of nitrogens with zero attached hydrogens (tertiary/aromatic N) is 1. The Balaban J connectivity index is 1.75. The van der Waals surface area contributed by atoms with Gasteiger partial charge in [0.1, 0.15) is 5.75 Å². The third-order valence-corrected chi connectivity index (χ3v) is 5.58.